The fraction of sp³-hybridized carbons (Fsp3) is 0.474. The molecule has 1 saturated heterocycles. The van der Waals surface area contributed by atoms with Crippen LogP contribution in [-0.4, -0.2) is 42.0 Å². The maximum Gasteiger partial charge on any atom is 0.219 e. The minimum absolute atomic E-state index is 0.190. The number of benzene rings is 1. The van der Waals surface area contributed by atoms with Gasteiger partial charge in [-0.3, -0.25) is 4.79 Å². The number of piperazine rings is 1. The van der Waals surface area contributed by atoms with Gasteiger partial charge in [0.25, 0.3) is 0 Å². The summed E-state index contributed by atoms with van der Waals surface area (Å²) in [7, 11) is 0. The van der Waals surface area contributed by atoms with Crippen LogP contribution >= 0.6 is 11.3 Å². The van der Waals surface area contributed by atoms with Crippen LogP contribution in [0, 0.1) is 0 Å². The van der Waals surface area contributed by atoms with Crippen molar-refractivity contribution in [3.8, 4) is 10.6 Å². The quantitative estimate of drug-likeness (QED) is 0.923. The molecule has 0 unspecified atom stereocenters. The summed E-state index contributed by atoms with van der Waals surface area (Å²) in [6, 6.07) is 8.76. The molecule has 4 nitrogen and oxygen atoms in total. The standard InChI is InChI=1S/C19H25N3OS/c1-14(2)16-4-6-17(7-5-16)19-20-18(13-24-19)12-21-8-10-22(11-9-21)15(3)23/h4-7,13-14H,8-12H2,1-3H3/p+1. The zero-order valence-corrected chi connectivity index (χ0v) is 15.5. The Morgan fingerprint density at radius 1 is 1.25 bits per heavy atom. The second kappa shape index (κ2) is 7.45. The van der Waals surface area contributed by atoms with Crippen LogP contribution in [-0.2, 0) is 11.3 Å². The van der Waals surface area contributed by atoms with Crippen LogP contribution in [0.15, 0.2) is 29.6 Å². The number of nitrogens with one attached hydrogen (secondary N) is 1. The van der Waals surface area contributed by atoms with Gasteiger partial charge in [-0.15, -0.1) is 11.3 Å². The van der Waals surface area contributed by atoms with Crippen LogP contribution in [0.5, 0.6) is 0 Å². The molecule has 0 saturated carbocycles. The highest BCUT2D eigenvalue weighted by Crippen LogP contribution is 2.25. The number of hydrogen-bond donors (Lipinski definition) is 1. The van der Waals surface area contributed by atoms with Crippen LogP contribution in [0.2, 0.25) is 0 Å². The summed E-state index contributed by atoms with van der Waals surface area (Å²) in [5.74, 6) is 0.748. The van der Waals surface area contributed by atoms with Gasteiger partial charge >= 0.3 is 0 Å². The highest BCUT2D eigenvalue weighted by Gasteiger charge is 2.22. The van der Waals surface area contributed by atoms with Gasteiger partial charge in [0.05, 0.1) is 26.2 Å². The Bertz CT molecular complexity index is 685. The van der Waals surface area contributed by atoms with E-state index in [-0.39, 0.29) is 5.91 Å². The molecular formula is C19H26N3OS+. The first-order chi connectivity index (χ1) is 11.5. The van der Waals surface area contributed by atoms with Crippen LogP contribution in [0.25, 0.3) is 10.6 Å². The fourth-order valence-corrected chi connectivity index (χ4v) is 3.93. The molecule has 0 radical (unpaired) electrons. The number of hydrogen-bond acceptors (Lipinski definition) is 3. The second-order valence-electron chi connectivity index (χ2n) is 6.85. The van der Waals surface area contributed by atoms with Crippen LogP contribution in [0.1, 0.15) is 37.9 Å². The monoisotopic (exact) mass is 344 g/mol. The number of thiazole rings is 1. The number of quaternary nitrogens is 1. The van der Waals surface area contributed by atoms with E-state index in [0.717, 1.165) is 43.4 Å². The number of rotatable bonds is 4. The number of aromatic nitrogens is 1. The first kappa shape index (κ1) is 17.1. The van der Waals surface area contributed by atoms with Crippen molar-refractivity contribution in [2.45, 2.75) is 33.2 Å². The molecule has 2 heterocycles. The highest BCUT2D eigenvalue weighted by molar-refractivity contribution is 7.13. The lowest BCUT2D eigenvalue weighted by Crippen LogP contribution is -3.13. The zero-order chi connectivity index (χ0) is 17.1. The molecule has 0 bridgehead atoms. The second-order valence-corrected chi connectivity index (χ2v) is 7.71. The predicted molar refractivity (Wildman–Crippen MR) is 98.3 cm³/mol. The van der Waals surface area contributed by atoms with Gasteiger partial charge in [0.1, 0.15) is 17.2 Å². The van der Waals surface area contributed by atoms with E-state index in [1.54, 1.807) is 18.3 Å². The van der Waals surface area contributed by atoms with E-state index < -0.39 is 0 Å². The Morgan fingerprint density at radius 2 is 1.92 bits per heavy atom. The molecule has 0 atom stereocenters. The van der Waals surface area contributed by atoms with Crippen molar-refractivity contribution < 1.29 is 9.69 Å². The Morgan fingerprint density at radius 3 is 2.50 bits per heavy atom. The van der Waals surface area contributed by atoms with Crippen molar-refractivity contribution in [2.24, 2.45) is 0 Å². The van der Waals surface area contributed by atoms with Crippen molar-refractivity contribution in [1.82, 2.24) is 9.88 Å². The molecule has 1 aromatic heterocycles. The molecule has 1 aliphatic heterocycles. The van der Waals surface area contributed by atoms with Gasteiger partial charge in [-0.25, -0.2) is 4.98 Å². The first-order valence-corrected chi connectivity index (χ1v) is 9.54. The first-order valence-electron chi connectivity index (χ1n) is 8.66. The summed E-state index contributed by atoms with van der Waals surface area (Å²) in [6.07, 6.45) is 0. The number of amides is 1. The van der Waals surface area contributed by atoms with E-state index in [9.17, 15) is 4.79 Å². The molecule has 1 aromatic carbocycles. The average Bonchev–Trinajstić information content (AvgIpc) is 3.04. The van der Waals surface area contributed by atoms with E-state index in [1.165, 1.54) is 16.0 Å². The normalized spacial score (nSPS) is 15.9. The molecular weight excluding hydrogens is 318 g/mol. The fourth-order valence-electron chi connectivity index (χ4n) is 3.10. The molecule has 1 aliphatic rings. The van der Waals surface area contributed by atoms with Crippen molar-refractivity contribution in [2.75, 3.05) is 26.2 Å². The maximum absolute atomic E-state index is 11.4. The summed E-state index contributed by atoms with van der Waals surface area (Å²) < 4.78 is 0. The molecule has 3 rings (SSSR count). The van der Waals surface area contributed by atoms with Gasteiger partial charge < -0.3 is 9.80 Å². The third-order valence-corrected chi connectivity index (χ3v) is 5.66. The minimum Gasteiger partial charge on any atom is -0.332 e. The van der Waals surface area contributed by atoms with Crippen molar-refractivity contribution in [3.05, 3.63) is 40.9 Å². The molecule has 0 aliphatic carbocycles. The molecule has 5 heteroatoms. The summed E-state index contributed by atoms with van der Waals surface area (Å²) in [5.41, 5.74) is 3.73. The van der Waals surface area contributed by atoms with Crippen molar-refractivity contribution in [3.63, 3.8) is 0 Å². The van der Waals surface area contributed by atoms with Crippen molar-refractivity contribution >= 4 is 17.2 Å². The van der Waals surface area contributed by atoms with Crippen molar-refractivity contribution in [1.29, 1.82) is 0 Å². The summed E-state index contributed by atoms with van der Waals surface area (Å²) in [6.45, 7) is 10.8. The predicted octanol–water partition coefficient (Wildman–Crippen LogP) is 2.18. The molecule has 24 heavy (non-hydrogen) atoms. The van der Waals surface area contributed by atoms with Gasteiger partial charge in [-0.05, 0) is 11.5 Å². The largest absolute Gasteiger partial charge is 0.332 e. The maximum atomic E-state index is 11.4. The molecule has 1 amide bonds. The molecule has 128 valence electrons. The lowest BCUT2D eigenvalue weighted by atomic mass is 10.0. The average molecular weight is 345 g/mol. The Hall–Kier alpha value is -1.72. The van der Waals surface area contributed by atoms with E-state index in [4.69, 9.17) is 4.98 Å². The molecule has 1 N–H and O–H groups in total. The van der Waals surface area contributed by atoms with Gasteiger partial charge in [0.15, 0.2) is 0 Å². The minimum atomic E-state index is 0.190. The van der Waals surface area contributed by atoms with E-state index in [0.29, 0.717) is 5.92 Å². The smallest absolute Gasteiger partial charge is 0.219 e. The van der Waals surface area contributed by atoms with Gasteiger partial charge in [-0.1, -0.05) is 38.1 Å². The topological polar surface area (TPSA) is 37.6 Å². The summed E-state index contributed by atoms with van der Waals surface area (Å²) >= 11 is 1.72. The van der Waals surface area contributed by atoms with E-state index >= 15 is 0 Å². The van der Waals surface area contributed by atoms with Gasteiger partial charge in [0.2, 0.25) is 5.91 Å². The number of carbonyl (C=O) groups excluding carboxylic acids is 1. The molecule has 1 fully saturated rings. The Kier molecular flexibility index (Phi) is 5.31. The lowest BCUT2D eigenvalue weighted by Gasteiger charge is -2.31. The summed E-state index contributed by atoms with van der Waals surface area (Å²) in [4.78, 5) is 19.7. The SMILES string of the molecule is CC(=O)N1CC[NH+](Cc2csc(-c3ccc(C(C)C)cc3)n2)CC1. The lowest BCUT2D eigenvalue weighted by molar-refractivity contribution is -0.917. The summed E-state index contributed by atoms with van der Waals surface area (Å²) in [5, 5.41) is 3.28. The van der Waals surface area contributed by atoms with Gasteiger partial charge in [0, 0.05) is 17.9 Å². The Balaban J connectivity index is 1.61. The van der Waals surface area contributed by atoms with Crippen LogP contribution < -0.4 is 4.90 Å². The third-order valence-electron chi connectivity index (χ3n) is 4.72. The third kappa shape index (κ3) is 4.02. The number of nitrogens with zero attached hydrogens (tertiary/aromatic N) is 2. The van der Waals surface area contributed by atoms with Crippen LogP contribution in [0.4, 0.5) is 0 Å². The van der Waals surface area contributed by atoms with E-state index in [1.807, 2.05) is 4.90 Å². The van der Waals surface area contributed by atoms with Gasteiger partial charge in [-0.2, -0.15) is 0 Å². The molecule has 0 spiro atoms. The zero-order valence-electron chi connectivity index (χ0n) is 14.7. The molecule has 2 aromatic rings. The van der Waals surface area contributed by atoms with E-state index in [2.05, 4.69) is 43.5 Å². The Labute approximate surface area is 148 Å². The van der Waals surface area contributed by atoms with Crippen LogP contribution in [0.3, 0.4) is 0 Å². The highest BCUT2D eigenvalue weighted by atomic mass is 32.1. The number of carbonyl (C=O) groups is 1.